The number of rotatable bonds is 2. The normalized spacial score (nSPS) is 12.4. The molecule has 2 rings (SSSR count). The smallest absolute Gasteiger partial charge is 0.159 e. The van der Waals surface area contributed by atoms with Gasteiger partial charge in [-0.25, -0.2) is 9.97 Å². The molecule has 0 aliphatic carbocycles. The number of aromatic hydroxyl groups is 1. The van der Waals surface area contributed by atoms with Crippen LogP contribution in [0.25, 0.3) is 11.4 Å². The summed E-state index contributed by atoms with van der Waals surface area (Å²) < 4.78 is 0. The lowest BCUT2D eigenvalue weighted by atomic mass is 10.1. The third-order valence-electron chi connectivity index (χ3n) is 2.61. The van der Waals surface area contributed by atoms with Gasteiger partial charge in [0, 0.05) is 29.1 Å². The Labute approximate surface area is 100 Å². The van der Waals surface area contributed by atoms with Gasteiger partial charge in [0.2, 0.25) is 0 Å². The van der Waals surface area contributed by atoms with Crippen molar-refractivity contribution in [3.8, 4) is 17.1 Å². The molecule has 0 fully saturated rings. The van der Waals surface area contributed by atoms with E-state index >= 15 is 0 Å². The van der Waals surface area contributed by atoms with Crippen molar-refractivity contribution < 1.29 is 5.11 Å². The first-order valence-electron chi connectivity index (χ1n) is 5.46. The van der Waals surface area contributed by atoms with Crippen molar-refractivity contribution in [3.05, 3.63) is 41.7 Å². The molecule has 0 aliphatic heterocycles. The van der Waals surface area contributed by atoms with E-state index in [1.54, 1.807) is 24.4 Å². The maximum absolute atomic E-state index is 9.41. The predicted octanol–water partition coefficient (Wildman–Crippen LogP) is 2.18. The van der Waals surface area contributed by atoms with Crippen molar-refractivity contribution in [1.82, 2.24) is 9.97 Å². The molecule has 0 spiro atoms. The lowest BCUT2D eigenvalue weighted by Gasteiger charge is -2.09. The fourth-order valence-corrected chi connectivity index (χ4v) is 1.71. The van der Waals surface area contributed by atoms with Crippen molar-refractivity contribution in [2.45, 2.75) is 19.9 Å². The standard InChI is InChI=1S/C13H15N3O/c1-8(14)12-7-15-13(16-9(12)2)10-4-3-5-11(17)6-10/h3-8,17H,14H2,1-2H3. The van der Waals surface area contributed by atoms with Crippen molar-refractivity contribution in [2.75, 3.05) is 0 Å². The Morgan fingerprint density at radius 2 is 2.12 bits per heavy atom. The molecule has 1 atom stereocenters. The Bertz CT molecular complexity index is 538. The van der Waals surface area contributed by atoms with Crippen LogP contribution in [0.1, 0.15) is 24.2 Å². The largest absolute Gasteiger partial charge is 0.508 e. The van der Waals surface area contributed by atoms with E-state index in [1.807, 2.05) is 19.9 Å². The van der Waals surface area contributed by atoms with E-state index in [0.29, 0.717) is 5.82 Å². The summed E-state index contributed by atoms with van der Waals surface area (Å²) in [6, 6.07) is 6.81. The maximum Gasteiger partial charge on any atom is 0.159 e. The van der Waals surface area contributed by atoms with Crippen LogP contribution in [0, 0.1) is 6.92 Å². The summed E-state index contributed by atoms with van der Waals surface area (Å²) in [6.07, 6.45) is 1.74. The average Bonchev–Trinajstić information content (AvgIpc) is 2.28. The van der Waals surface area contributed by atoms with Crippen LogP contribution in [0.15, 0.2) is 30.5 Å². The number of phenolic OH excluding ortho intramolecular Hbond substituents is 1. The monoisotopic (exact) mass is 229 g/mol. The molecule has 0 amide bonds. The highest BCUT2D eigenvalue weighted by atomic mass is 16.3. The molecule has 1 unspecified atom stereocenters. The van der Waals surface area contributed by atoms with Gasteiger partial charge < -0.3 is 10.8 Å². The Morgan fingerprint density at radius 3 is 2.71 bits per heavy atom. The average molecular weight is 229 g/mol. The second-order valence-electron chi connectivity index (χ2n) is 4.07. The second kappa shape index (κ2) is 4.51. The number of nitrogens with zero attached hydrogens (tertiary/aromatic N) is 2. The Hall–Kier alpha value is -1.94. The molecule has 1 aromatic heterocycles. The molecule has 0 saturated heterocycles. The highest BCUT2D eigenvalue weighted by molar-refractivity contribution is 5.57. The summed E-state index contributed by atoms with van der Waals surface area (Å²) in [4.78, 5) is 8.67. The molecule has 0 aliphatic rings. The van der Waals surface area contributed by atoms with Gasteiger partial charge in [-0.1, -0.05) is 12.1 Å². The molecular weight excluding hydrogens is 214 g/mol. The molecule has 1 heterocycles. The van der Waals surface area contributed by atoms with E-state index in [0.717, 1.165) is 16.8 Å². The fourth-order valence-electron chi connectivity index (χ4n) is 1.71. The highest BCUT2D eigenvalue weighted by Crippen LogP contribution is 2.21. The second-order valence-corrected chi connectivity index (χ2v) is 4.07. The minimum Gasteiger partial charge on any atom is -0.508 e. The summed E-state index contributed by atoms with van der Waals surface area (Å²) in [5.74, 6) is 0.808. The van der Waals surface area contributed by atoms with E-state index in [4.69, 9.17) is 5.73 Å². The van der Waals surface area contributed by atoms with Crippen LogP contribution >= 0.6 is 0 Å². The van der Waals surface area contributed by atoms with Crippen molar-refractivity contribution in [2.24, 2.45) is 5.73 Å². The quantitative estimate of drug-likeness (QED) is 0.827. The number of aromatic nitrogens is 2. The lowest BCUT2D eigenvalue weighted by molar-refractivity contribution is 0.475. The highest BCUT2D eigenvalue weighted by Gasteiger charge is 2.08. The van der Waals surface area contributed by atoms with Gasteiger partial charge in [0.25, 0.3) is 0 Å². The van der Waals surface area contributed by atoms with Gasteiger partial charge in [0.05, 0.1) is 0 Å². The molecule has 17 heavy (non-hydrogen) atoms. The molecule has 3 N–H and O–H groups in total. The molecule has 88 valence electrons. The van der Waals surface area contributed by atoms with Crippen LogP contribution in [-0.4, -0.2) is 15.1 Å². The zero-order valence-electron chi connectivity index (χ0n) is 9.88. The molecule has 2 aromatic rings. The number of phenols is 1. The van der Waals surface area contributed by atoms with E-state index in [9.17, 15) is 5.11 Å². The molecular formula is C13H15N3O. The third-order valence-corrected chi connectivity index (χ3v) is 2.61. The van der Waals surface area contributed by atoms with Gasteiger partial charge in [-0.15, -0.1) is 0 Å². The predicted molar refractivity (Wildman–Crippen MR) is 66.5 cm³/mol. The summed E-state index contributed by atoms with van der Waals surface area (Å²) in [5.41, 5.74) is 8.41. The number of nitrogens with two attached hydrogens (primary N) is 1. The number of hydrogen-bond donors (Lipinski definition) is 2. The fraction of sp³-hybridized carbons (Fsp3) is 0.231. The van der Waals surface area contributed by atoms with Crippen molar-refractivity contribution in [1.29, 1.82) is 0 Å². The molecule has 4 nitrogen and oxygen atoms in total. The van der Waals surface area contributed by atoms with Crippen LogP contribution in [0.5, 0.6) is 5.75 Å². The number of benzene rings is 1. The number of aryl methyl sites for hydroxylation is 1. The molecule has 1 aromatic carbocycles. The van der Waals surface area contributed by atoms with Crippen LogP contribution in [0.2, 0.25) is 0 Å². The van der Waals surface area contributed by atoms with E-state index in [-0.39, 0.29) is 11.8 Å². The zero-order chi connectivity index (χ0) is 12.4. The van der Waals surface area contributed by atoms with Gasteiger partial charge in [-0.2, -0.15) is 0 Å². The van der Waals surface area contributed by atoms with Gasteiger partial charge in [0.1, 0.15) is 5.75 Å². The van der Waals surface area contributed by atoms with Gasteiger partial charge in [-0.3, -0.25) is 0 Å². The van der Waals surface area contributed by atoms with Gasteiger partial charge >= 0.3 is 0 Å². The topological polar surface area (TPSA) is 72.0 Å². The first-order valence-corrected chi connectivity index (χ1v) is 5.46. The molecule has 0 radical (unpaired) electrons. The SMILES string of the molecule is Cc1nc(-c2cccc(O)c2)ncc1C(C)N. The Kier molecular flexibility index (Phi) is 3.06. The van der Waals surface area contributed by atoms with Crippen LogP contribution < -0.4 is 5.73 Å². The van der Waals surface area contributed by atoms with Gasteiger partial charge in [-0.05, 0) is 26.0 Å². The molecule has 0 bridgehead atoms. The summed E-state index contributed by atoms with van der Waals surface area (Å²) in [5, 5.41) is 9.41. The van der Waals surface area contributed by atoms with Crippen molar-refractivity contribution in [3.63, 3.8) is 0 Å². The lowest BCUT2D eigenvalue weighted by Crippen LogP contribution is -2.09. The first kappa shape index (κ1) is 11.5. The van der Waals surface area contributed by atoms with E-state index < -0.39 is 0 Å². The van der Waals surface area contributed by atoms with E-state index in [1.165, 1.54) is 0 Å². The Morgan fingerprint density at radius 1 is 1.35 bits per heavy atom. The van der Waals surface area contributed by atoms with Gasteiger partial charge in [0.15, 0.2) is 5.82 Å². The Balaban J connectivity index is 2.44. The molecule has 4 heteroatoms. The van der Waals surface area contributed by atoms with Crippen LogP contribution in [0.4, 0.5) is 0 Å². The van der Waals surface area contributed by atoms with Crippen LogP contribution in [-0.2, 0) is 0 Å². The first-order chi connectivity index (χ1) is 8.08. The summed E-state index contributed by atoms with van der Waals surface area (Å²) >= 11 is 0. The summed E-state index contributed by atoms with van der Waals surface area (Å²) in [6.45, 7) is 3.81. The minimum atomic E-state index is -0.0757. The zero-order valence-corrected chi connectivity index (χ0v) is 9.88. The van der Waals surface area contributed by atoms with Crippen molar-refractivity contribution >= 4 is 0 Å². The third kappa shape index (κ3) is 2.42. The molecule has 0 saturated carbocycles. The van der Waals surface area contributed by atoms with Crippen LogP contribution in [0.3, 0.4) is 0 Å². The van der Waals surface area contributed by atoms with E-state index in [2.05, 4.69) is 9.97 Å². The summed E-state index contributed by atoms with van der Waals surface area (Å²) in [7, 11) is 0. The minimum absolute atomic E-state index is 0.0757. The maximum atomic E-state index is 9.41. The number of hydrogen-bond acceptors (Lipinski definition) is 4.